The molecule has 4 aromatic heterocycles. The van der Waals surface area contributed by atoms with Crippen molar-refractivity contribution in [3.05, 3.63) is 276 Å². The minimum atomic E-state index is -0.317. The third-order valence-corrected chi connectivity index (χ3v) is 24.2. The summed E-state index contributed by atoms with van der Waals surface area (Å²) in [6.07, 6.45) is 0. The maximum Gasteiger partial charge on any atom is 0.0562 e. The molecule has 6 heteroatoms. The van der Waals surface area contributed by atoms with Crippen molar-refractivity contribution >= 4 is 173 Å². The second-order valence-electron chi connectivity index (χ2n) is 28.3. The topological polar surface area (TPSA) is 16.3 Å². The highest BCUT2D eigenvalue weighted by atomic mass is 32.1. The van der Waals surface area contributed by atoms with Crippen molar-refractivity contribution < 1.29 is 0 Å². The third-order valence-electron chi connectivity index (χ3n) is 21.9. The Balaban J connectivity index is 0.860. The van der Waals surface area contributed by atoms with Gasteiger partial charge in [-0.15, -0.1) is 22.7 Å². The molecule has 0 radical (unpaired) electrons. The SMILES string of the molecule is CC(C)c1cc2ccc(N3c4ccccc4C(C)(C)c4cc5c6ccccc6n(-c6ccc7sc8ccccc8c7c6)c5cc43)c3c(C(C)C)cc4ccc(N5c6ccccc6C(C)(C)c6cc7c8ccccc8n(-c8ccc9sc%10ccccc%10c9c8)c7cc65)c1c4c23. The number of thiophene rings is 2. The summed E-state index contributed by atoms with van der Waals surface area (Å²) in [4.78, 5) is 5.33. The molecular formula is C88H66N4S2. The maximum absolute atomic E-state index is 2.66. The van der Waals surface area contributed by atoms with Crippen LogP contribution < -0.4 is 9.80 Å². The molecular weight excluding hydrogens is 1180 g/mol. The van der Waals surface area contributed by atoms with Gasteiger partial charge in [0.15, 0.2) is 0 Å². The van der Waals surface area contributed by atoms with Gasteiger partial charge in [-0.05, 0) is 176 Å². The van der Waals surface area contributed by atoms with Crippen LogP contribution in [0.4, 0.5) is 34.1 Å². The van der Waals surface area contributed by atoms with E-state index >= 15 is 0 Å². The Morgan fingerprint density at radius 2 is 0.660 bits per heavy atom. The van der Waals surface area contributed by atoms with Crippen molar-refractivity contribution in [3.8, 4) is 11.4 Å². The molecule has 94 heavy (non-hydrogen) atoms. The summed E-state index contributed by atoms with van der Waals surface area (Å²) in [5.74, 6) is 0.440. The van der Waals surface area contributed by atoms with Crippen LogP contribution in [0.5, 0.6) is 0 Å². The first-order chi connectivity index (χ1) is 45.8. The number of rotatable bonds is 6. The van der Waals surface area contributed by atoms with E-state index in [2.05, 4.69) is 317 Å². The molecule has 4 nitrogen and oxygen atoms in total. The van der Waals surface area contributed by atoms with Gasteiger partial charge in [-0.25, -0.2) is 0 Å². The molecule has 2 aliphatic rings. The normalized spacial score (nSPS) is 14.5. The van der Waals surface area contributed by atoms with Gasteiger partial charge in [0, 0.05) is 94.9 Å². The highest BCUT2D eigenvalue weighted by Gasteiger charge is 2.41. The lowest BCUT2D eigenvalue weighted by molar-refractivity contribution is 0.633. The number of aromatic nitrogens is 2. The Bertz CT molecular complexity index is 5950. The van der Waals surface area contributed by atoms with Crippen LogP contribution >= 0.6 is 22.7 Å². The first-order valence-corrected chi connectivity index (χ1v) is 35.0. The quantitative estimate of drug-likeness (QED) is 0.154. The molecule has 14 aromatic carbocycles. The summed E-state index contributed by atoms with van der Waals surface area (Å²) in [5.41, 5.74) is 21.8. The number of fused-ring (bicyclic) bond motifs is 16. The highest BCUT2D eigenvalue weighted by Crippen LogP contribution is 2.60. The molecule has 0 saturated heterocycles. The van der Waals surface area contributed by atoms with Crippen LogP contribution in [-0.2, 0) is 10.8 Å². The van der Waals surface area contributed by atoms with E-state index in [-0.39, 0.29) is 22.7 Å². The number of nitrogens with zero attached hydrogens (tertiary/aromatic N) is 4. The van der Waals surface area contributed by atoms with Gasteiger partial charge < -0.3 is 18.9 Å². The van der Waals surface area contributed by atoms with E-state index in [0.717, 1.165) is 0 Å². The Morgan fingerprint density at radius 3 is 1.10 bits per heavy atom. The van der Waals surface area contributed by atoms with Crippen molar-refractivity contribution in [1.82, 2.24) is 9.13 Å². The fourth-order valence-electron chi connectivity index (χ4n) is 17.4. The van der Waals surface area contributed by atoms with Gasteiger partial charge in [0.05, 0.1) is 56.2 Å². The van der Waals surface area contributed by atoms with Crippen molar-refractivity contribution in [2.24, 2.45) is 0 Å². The molecule has 2 aliphatic heterocycles. The molecule has 0 bridgehead atoms. The molecule has 0 saturated carbocycles. The number of hydrogen-bond donors (Lipinski definition) is 0. The van der Waals surface area contributed by atoms with E-state index in [1.165, 1.54) is 195 Å². The molecule has 0 aliphatic carbocycles. The summed E-state index contributed by atoms with van der Waals surface area (Å²) in [7, 11) is 0. The van der Waals surface area contributed by atoms with Crippen LogP contribution in [-0.4, -0.2) is 9.13 Å². The lowest BCUT2D eigenvalue weighted by Crippen LogP contribution is -2.31. The van der Waals surface area contributed by atoms with Crippen molar-refractivity contribution in [1.29, 1.82) is 0 Å². The highest BCUT2D eigenvalue weighted by molar-refractivity contribution is 7.26. The lowest BCUT2D eigenvalue weighted by atomic mass is 9.72. The average molecular weight is 1240 g/mol. The Hall–Kier alpha value is -10.2. The summed E-state index contributed by atoms with van der Waals surface area (Å²) in [6, 6.07) is 93.7. The van der Waals surface area contributed by atoms with Crippen molar-refractivity contribution in [3.63, 3.8) is 0 Å². The van der Waals surface area contributed by atoms with Crippen LogP contribution in [0.2, 0.25) is 0 Å². The first-order valence-electron chi connectivity index (χ1n) is 33.4. The van der Waals surface area contributed by atoms with Crippen LogP contribution in [0, 0.1) is 0 Å². The molecule has 0 amide bonds. The maximum atomic E-state index is 2.66. The van der Waals surface area contributed by atoms with Gasteiger partial charge in [-0.2, -0.15) is 0 Å². The molecule has 0 atom stereocenters. The Morgan fingerprint density at radius 1 is 0.277 bits per heavy atom. The molecule has 20 rings (SSSR count). The second kappa shape index (κ2) is 19.2. The smallest absolute Gasteiger partial charge is 0.0562 e. The summed E-state index contributed by atoms with van der Waals surface area (Å²) in [6.45, 7) is 19.3. The number of anilines is 6. The largest absolute Gasteiger partial charge is 0.309 e. The van der Waals surface area contributed by atoms with Crippen molar-refractivity contribution in [2.45, 2.75) is 78.1 Å². The fraction of sp³-hybridized carbons (Fsp3) is 0.136. The van der Waals surface area contributed by atoms with E-state index in [0.29, 0.717) is 0 Å². The average Bonchev–Trinajstić information content (AvgIpc) is 0.926. The molecule has 0 spiro atoms. The van der Waals surface area contributed by atoms with E-state index < -0.39 is 0 Å². The molecule has 450 valence electrons. The van der Waals surface area contributed by atoms with Crippen molar-refractivity contribution in [2.75, 3.05) is 9.80 Å². The van der Waals surface area contributed by atoms with Gasteiger partial charge >= 0.3 is 0 Å². The van der Waals surface area contributed by atoms with Gasteiger partial charge in [0.2, 0.25) is 0 Å². The standard InChI is InChI=1S/C88H66N4S2/c1-49(2)59-41-51-33-38-74(92-72-30-18-14-26-66(72)88(7,8)68-46-62-56-22-10-16-28-70(56)90(76(62)48-78(68)92)54-36-40-82-64(44-54)58-24-12-20-32-80(58)94-82)86-60(50(3)4)42-52-34-37-73(85(59)83(52)84(51)86)91-71-29-17-13-25-65(71)87(5,6)67-45-61-55-21-9-15-27-69(55)89(75(61)47-77(67)91)53-35-39-81-63(43-53)57-23-11-19-31-79(57)93-81/h9-50H,1-8H3. The first kappa shape index (κ1) is 54.3. The predicted octanol–water partition coefficient (Wildman–Crippen LogP) is 26.0. The fourth-order valence-corrected chi connectivity index (χ4v) is 19.6. The third kappa shape index (κ3) is 7.22. The van der Waals surface area contributed by atoms with E-state index in [1.54, 1.807) is 0 Å². The Labute approximate surface area is 553 Å². The van der Waals surface area contributed by atoms with Crippen LogP contribution in [0.25, 0.3) is 128 Å². The summed E-state index contributed by atoms with van der Waals surface area (Å²) in [5, 5.41) is 18.1. The van der Waals surface area contributed by atoms with Gasteiger partial charge in [0.1, 0.15) is 0 Å². The molecule has 0 N–H and O–H groups in total. The van der Waals surface area contributed by atoms with Gasteiger partial charge in [0.25, 0.3) is 0 Å². The number of benzene rings is 14. The lowest BCUT2D eigenvalue weighted by Gasteiger charge is -2.43. The second-order valence-corrected chi connectivity index (χ2v) is 30.5. The van der Waals surface area contributed by atoms with Crippen LogP contribution in [0.3, 0.4) is 0 Å². The zero-order valence-corrected chi connectivity index (χ0v) is 55.5. The summed E-state index contributed by atoms with van der Waals surface area (Å²) < 4.78 is 10.3. The minimum absolute atomic E-state index is 0.220. The zero-order chi connectivity index (χ0) is 62.9. The monoisotopic (exact) mass is 1240 g/mol. The summed E-state index contributed by atoms with van der Waals surface area (Å²) >= 11 is 3.75. The number of hydrogen-bond acceptors (Lipinski definition) is 4. The van der Waals surface area contributed by atoms with E-state index in [1.807, 2.05) is 22.7 Å². The molecule has 0 unspecified atom stereocenters. The van der Waals surface area contributed by atoms with Crippen LogP contribution in [0.15, 0.2) is 243 Å². The van der Waals surface area contributed by atoms with Gasteiger partial charge in [-0.3, -0.25) is 0 Å². The zero-order valence-electron chi connectivity index (χ0n) is 53.9. The van der Waals surface area contributed by atoms with Gasteiger partial charge in [-0.1, -0.05) is 189 Å². The molecule has 6 heterocycles. The molecule has 0 fully saturated rings. The molecule has 18 aromatic rings. The minimum Gasteiger partial charge on any atom is -0.309 e. The Kier molecular flexibility index (Phi) is 11.1. The predicted molar refractivity (Wildman–Crippen MR) is 406 cm³/mol. The van der Waals surface area contributed by atoms with Crippen LogP contribution in [0.1, 0.15) is 101 Å². The van der Waals surface area contributed by atoms with E-state index in [9.17, 15) is 0 Å². The van der Waals surface area contributed by atoms with E-state index in [4.69, 9.17) is 0 Å². The number of para-hydroxylation sites is 4.